The van der Waals surface area contributed by atoms with Crippen molar-refractivity contribution in [3.63, 3.8) is 0 Å². The van der Waals surface area contributed by atoms with Gasteiger partial charge in [-0.1, -0.05) is 23.2 Å². The molecule has 0 amide bonds. The lowest BCUT2D eigenvalue weighted by Gasteiger charge is -2.34. The Bertz CT molecular complexity index is 193. The van der Waals surface area contributed by atoms with Crippen molar-refractivity contribution in [1.29, 1.82) is 0 Å². The van der Waals surface area contributed by atoms with Crippen molar-refractivity contribution in [3.05, 3.63) is 0 Å². The number of rotatable bonds is 6. The Hall–Kier alpha value is 1.08. The van der Waals surface area contributed by atoms with E-state index in [0.29, 0.717) is 0 Å². The molecule has 0 saturated carbocycles. The van der Waals surface area contributed by atoms with Crippen LogP contribution in [0.3, 0.4) is 0 Å². The molecule has 112 valence electrons. The van der Waals surface area contributed by atoms with E-state index in [9.17, 15) is 0 Å². The fraction of sp³-hybridized carbons (Fsp3) is 1.00. The second-order valence-corrected chi connectivity index (χ2v) is 5.83. The molecule has 0 unspecified atom stereocenters. The first kappa shape index (κ1) is 21.4. The Morgan fingerprint density at radius 3 is 1.11 bits per heavy atom. The van der Waals surface area contributed by atoms with Crippen molar-refractivity contribution in [2.75, 3.05) is 19.8 Å². The summed E-state index contributed by atoms with van der Waals surface area (Å²) in [6.45, 7) is -2.11. The molecule has 0 aromatic carbocycles. The predicted molar refractivity (Wildman–Crippen MR) is 64.1 cm³/mol. The summed E-state index contributed by atoms with van der Waals surface area (Å²) in [5, 5.41) is 35.0. The van der Waals surface area contributed by atoms with Gasteiger partial charge in [0.15, 0.2) is 0 Å². The second kappa shape index (κ2) is 9.90. The summed E-state index contributed by atoms with van der Waals surface area (Å²) in [4.78, 5) is 31.3. The molecule has 8 N–H and O–H groups in total. The number of hydrogen-bond acceptors (Lipinski definition) is 9. The third-order valence-corrected chi connectivity index (χ3v) is 3.66. The van der Waals surface area contributed by atoms with Gasteiger partial charge in [0.1, 0.15) is 0 Å². The first-order valence-corrected chi connectivity index (χ1v) is 7.11. The van der Waals surface area contributed by atoms with Crippen LogP contribution < -0.4 is 0 Å². The molecule has 0 aromatic rings. The molecule has 0 rings (SSSR count). The summed E-state index contributed by atoms with van der Waals surface area (Å²) in [7, 11) is -5.22. The molecular weight excluding hydrogens is 337 g/mol. The van der Waals surface area contributed by atoms with Crippen LogP contribution >= 0.6 is 40.4 Å². The fourth-order valence-electron chi connectivity index (χ4n) is 0.501. The van der Waals surface area contributed by atoms with Crippen molar-refractivity contribution in [2.45, 2.75) is 4.52 Å². The minimum atomic E-state index is -2.61. The van der Waals surface area contributed by atoms with Crippen LogP contribution in [-0.2, 0) is 4.31 Å². The molecular formula is C5H14Cl2O9P2. The summed E-state index contributed by atoms with van der Waals surface area (Å²) < 4.78 is 1.26. The van der Waals surface area contributed by atoms with E-state index >= 15 is 0 Å². The smallest absolute Gasteiger partial charge is 0.334 e. The molecule has 0 radical (unpaired) electrons. The van der Waals surface area contributed by atoms with Crippen LogP contribution in [0.5, 0.6) is 0 Å². The molecule has 0 spiro atoms. The van der Waals surface area contributed by atoms with Crippen LogP contribution in [-0.4, -0.2) is 64.3 Å². The van der Waals surface area contributed by atoms with Crippen LogP contribution in [0, 0.1) is 5.41 Å². The molecule has 0 heterocycles. The summed E-state index contributed by atoms with van der Waals surface area (Å²) >= 11 is 10.4. The zero-order valence-electron chi connectivity index (χ0n) is 8.76. The molecule has 0 saturated heterocycles. The average molecular weight is 351 g/mol. The van der Waals surface area contributed by atoms with Crippen molar-refractivity contribution < 1.29 is 44.3 Å². The number of halogens is 2. The Kier molecular flexibility index (Phi) is 11.8. The lowest BCUT2D eigenvalue weighted by molar-refractivity contribution is -0.0688. The predicted octanol–water partition coefficient (Wildman–Crippen LogP) is -1.50. The van der Waals surface area contributed by atoms with E-state index < -0.39 is 47.0 Å². The van der Waals surface area contributed by atoms with Crippen molar-refractivity contribution in [2.24, 2.45) is 5.41 Å². The summed E-state index contributed by atoms with van der Waals surface area (Å²) in [6, 6.07) is 0. The van der Waals surface area contributed by atoms with Crippen LogP contribution in [0.4, 0.5) is 0 Å². The third kappa shape index (κ3) is 8.29. The van der Waals surface area contributed by atoms with Gasteiger partial charge in [-0.15, -0.1) is 0 Å². The quantitative estimate of drug-likeness (QED) is 0.209. The van der Waals surface area contributed by atoms with Gasteiger partial charge in [0, 0.05) is 0 Å². The summed E-state index contributed by atoms with van der Waals surface area (Å²) in [6.07, 6.45) is 0. The highest BCUT2D eigenvalue weighted by atomic mass is 35.5. The lowest BCUT2D eigenvalue weighted by atomic mass is 9.92. The van der Waals surface area contributed by atoms with E-state index in [-0.39, 0.29) is 0 Å². The van der Waals surface area contributed by atoms with E-state index in [2.05, 4.69) is 4.31 Å². The first-order valence-electron chi connectivity index (χ1n) is 4.03. The molecule has 0 atom stereocenters. The maximum Gasteiger partial charge on any atom is 0.334 e. The maximum absolute atomic E-state index is 8.98. The van der Waals surface area contributed by atoms with Crippen LogP contribution in [0.25, 0.3) is 0 Å². The number of alkyl halides is 2. The summed E-state index contributed by atoms with van der Waals surface area (Å²) in [5.74, 6) is 0. The van der Waals surface area contributed by atoms with Crippen molar-refractivity contribution >= 4 is 40.4 Å². The van der Waals surface area contributed by atoms with Gasteiger partial charge < -0.3 is 40.0 Å². The monoisotopic (exact) mass is 350 g/mol. The van der Waals surface area contributed by atoms with Crippen molar-refractivity contribution in [1.82, 2.24) is 0 Å². The number of aliphatic hydroxyl groups is 4. The highest BCUT2D eigenvalue weighted by Crippen LogP contribution is 2.41. The van der Waals surface area contributed by atoms with Crippen LogP contribution in [0.2, 0.25) is 0 Å². The summed E-state index contributed by atoms with van der Waals surface area (Å²) in [5.41, 5.74) is -1.68. The highest BCUT2D eigenvalue weighted by Gasteiger charge is 2.47. The minimum Gasteiger partial charge on any atom is -0.395 e. The zero-order chi connectivity index (χ0) is 15.0. The minimum absolute atomic E-state index is 0.705. The van der Waals surface area contributed by atoms with Crippen molar-refractivity contribution in [3.8, 4) is 0 Å². The Morgan fingerprint density at radius 1 is 0.833 bits per heavy atom. The van der Waals surface area contributed by atoms with Crippen LogP contribution in [0.1, 0.15) is 0 Å². The third-order valence-electron chi connectivity index (χ3n) is 1.69. The molecule has 0 aliphatic heterocycles. The van der Waals surface area contributed by atoms with Gasteiger partial charge in [-0.3, -0.25) is 0 Å². The molecule has 0 fully saturated rings. The number of aliphatic hydroxyl groups excluding tert-OH is 3. The van der Waals surface area contributed by atoms with E-state index in [1.165, 1.54) is 0 Å². The molecule has 0 aliphatic rings. The normalized spacial score (nSPS) is 12.7. The van der Waals surface area contributed by atoms with Gasteiger partial charge in [-0.05, 0) is 0 Å². The SMILES string of the molecule is OCC(CO)(CO)C(O)(Cl)Cl.OP(O)OP(O)O. The molecule has 18 heavy (non-hydrogen) atoms. The Labute approximate surface area is 115 Å². The zero-order valence-corrected chi connectivity index (χ0v) is 12.1. The highest BCUT2D eigenvalue weighted by molar-refractivity contribution is 7.53. The number of hydrogen-bond donors (Lipinski definition) is 8. The van der Waals surface area contributed by atoms with E-state index in [1.54, 1.807) is 0 Å². The molecule has 13 heteroatoms. The molecule has 0 aromatic heterocycles. The van der Waals surface area contributed by atoms with E-state index in [0.717, 1.165) is 0 Å². The first-order chi connectivity index (χ1) is 8.06. The van der Waals surface area contributed by atoms with Gasteiger partial charge in [-0.2, -0.15) is 0 Å². The van der Waals surface area contributed by atoms with Gasteiger partial charge in [0.05, 0.1) is 25.2 Å². The van der Waals surface area contributed by atoms with E-state index in [1.807, 2.05) is 0 Å². The average Bonchev–Trinajstić information content (AvgIpc) is 2.17. The fourth-order valence-corrected chi connectivity index (χ4v) is 1.38. The van der Waals surface area contributed by atoms with Gasteiger partial charge in [0.25, 0.3) is 0 Å². The van der Waals surface area contributed by atoms with Gasteiger partial charge in [0.2, 0.25) is 4.52 Å². The van der Waals surface area contributed by atoms with Crippen LogP contribution in [0.15, 0.2) is 0 Å². The second-order valence-electron chi connectivity index (χ2n) is 2.88. The largest absolute Gasteiger partial charge is 0.395 e. The van der Waals surface area contributed by atoms with E-state index in [4.69, 9.17) is 63.2 Å². The molecule has 9 nitrogen and oxygen atoms in total. The van der Waals surface area contributed by atoms with Gasteiger partial charge in [-0.25, -0.2) is 4.31 Å². The Morgan fingerprint density at radius 2 is 1.11 bits per heavy atom. The topological polar surface area (TPSA) is 171 Å². The standard InChI is InChI=1S/C5H10Cl2O4.H4O5P2/c6-5(7,11)4(1-8,2-9)3-10;1-6(2)5-7(3)4/h8-11H,1-3H2;1-4H. The van der Waals surface area contributed by atoms with Gasteiger partial charge >= 0.3 is 17.2 Å². The maximum atomic E-state index is 8.98. The Balaban J connectivity index is 0. The lowest BCUT2D eigenvalue weighted by Crippen LogP contribution is -2.48. The molecule has 0 aliphatic carbocycles. The molecule has 0 bridgehead atoms.